The van der Waals surface area contributed by atoms with E-state index in [1.54, 1.807) is 0 Å². The third kappa shape index (κ3) is 3.22. The van der Waals surface area contributed by atoms with Crippen molar-refractivity contribution >= 4 is 71.7 Å². The van der Waals surface area contributed by atoms with Gasteiger partial charge in [0.1, 0.15) is 11.2 Å². The second kappa shape index (κ2) is 8.76. The molecule has 2 aromatic heterocycles. The summed E-state index contributed by atoms with van der Waals surface area (Å²) in [6.45, 7) is 0. The largest absolute Gasteiger partial charge is 0.456 e. The van der Waals surface area contributed by atoms with Crippen molar-refractivity contribution in [3.8, 4) is 22.4 Å². The number of hydrogen-bond donors (Lipinski definition) is 0. The van der Waals surface area contributed by atoms with Crippen molar-refractivity contribution < 1.29 is 4.42 Å². The number of aromatic nitrogens is 2. The molecule has 0 amide bonds. The molecule has 0 atom stereocenters. The second-order valence-corrected chi connectivity index (χ2v) is 11.4. The maximum Gasteiger partial charge on any atom is 0.235 e. The quantitative estimate of drug-likeness (QED) is 0.211. The van der Waals surface area contributed by atoms with Crippen molar-refractivity contribution in [1.82, 2.24) is 9.97 Å². The minimum Gasteiger partial charge on any atom is -0.456 e. The van der Waals surface area contributed by atoms with E-state index < -0.39 is 0 Å². The van der Waals surface area contributed by atoms with E-state index in [0.717, 1.165) is 55.5 Å². The Morgan fingerprint density at radius 2 is 1.25 bits per heavy atom. The normalized spacial score (nSPS) is 12.5. The van der Waals surface area contributed by atoms with E-state index in [9.17, 15) is 0 Å². The molecule has 0 saturated heterocycles. The lowest BCUT2D eigenvalue weighted by molar-refractivity contribution is 0.669. The van der Waals surface area contributed by atoms with Gasteiger partial charge >= 0.3 is 0 Å². The summed E-state index contributed by atoms with van der Waals surface area (Å²) in [6.07, 6.45) is 0. The maximum absolute atomic E-state index is 6.15. The van der Waals surface area contributed by atoms with Crippen LogP contribution in [-0.2, 0) is 0 Å². The Labute approximate surface area is 252 Å². The fourth-order valence-corrected chi connectivity index (χ4v) is 7.05. The summed E-state index contributed by atoms with van der Waals surface area (Å²) >= 11 is 0. The van der Waals surface area contributed by atoms with Crippen LogP contribution in [0.1, 0.15) is 0 Å². The molecule has 1 aliphatic rings. The van der Waals surface area contributed by atoms with Crippen molar-refractivity contribution in [2.45, 2.75) is 0 Å². The molecule has 0 aliphatic carbocycles. The molecule has 0 unspecified atom stereocenters. The van der Waals surface area contributed by atoms with Gasteiger partial charge in [0, 0.05) is 32.7 Å². The first-order valence-electron chi connectivity index (χ1n) is 14.8. The van der Waals surface area contributed by atoms with Gasteiger partial charge in [-0.2, -0.15) is 0 Å². The standard InChI is InChI=1S/C40H23N3O/c1-2-12-27-24(9-1)19-21-34-38(27)30-15-7-10-25-11-8-17-33(37(25)30)43(34)40-41-32-16-5-3-14-29(32)39(42-40)26-20-22-36-31(23-26)28-13-4-6-18-35(28)44-36/h1-23H. The molecule has 1 aliphatic heterocycles. The Balaban J connectivity index is 1.29. The zero-order valence-electron chi connectivity index (χ0n) is 23.5. The number of para-hydroxylation sites is 2. The minimum absolute atomic E-state index is 0.648. The van der Waals surface area contributed by atoms with E-state index in [4.69, 9.17) is 14.4 Å². The Hall–Kier alpha value is -6.00. The van der Waals surface area contributed by atoms with Crippen LogP contribution in [0.4, 0.5) is 17.3 Å². The molecule has 0 N–H and O–H groups in total. The zero-order valence-corrected chi connectivity index (χ0v) is 23.5. The number of anilines is 3. The second-order valence-electron chi connectivity index (χ2n) is 11.4. The van der Waals surface area contributed by atoms with Gasteiger partial charge in [-0.05, 0) is 64.2 Å². The molecule has 4 nitrogen and oxygen atoms in total. The summed E-state index contributed by atoms with van der Waals surface area (Å²) in [7, 11) is 0. The van der Waals surface area contributed by atoms with Gasteiger partial charge in [0.15, 0.2) is 0 Å². The smallest absolute Gasteiger partial charge is 0.235 e. The van der Waals surface area contributed by atoms with Crippen LogP contribution in [0.3, 0.4) is 0 Å². The predicted octanol–water partition coefficient (Wildman–Crippen LogP) is 11.0. The first-order chi connectivity index (χ1) is 21.8. The third-order valence-corrected chi connectivity index (χ3v) is 8.98. The Morgan fingerprint density at radius 3 is 2.18 bits per heavy atom. The van der Waals surface area contributed by atoms with Gasteiger partial charge in [0.05, 0.1) is 22.6 Å². The van der Waals surface area contributed by atoms with E-state index >= 15 is 0 Å². The van der Waals surface area contributed by atoms with Crippen LogP contribution in [0.5, 0.6) is 0 Å². The number of furan rings is 1. The van der Waals surface area contributed by atoms with Gasteiger partial charge in [-0.15, -0.1) is 0 Å². The Bertz CT molecular complexity index is 2630. The van der Waals surface area contributed by atoms with Crippen molar-refractivity contribution in [2.75, 3.05) is 4.90 Å². The average molecular weight is 562 g/mol. The maximum atomic E-state index is 6.15. The molecule has 0 saturated carbocycles. The molecular weight excluding hydrogens is 538 g/mol. The molecule has 7 aromatic carbocycles. The lowest BCUT2D eigenvalue weighted by Crippen LogP contribution is -2.18. The number of fused-ring (bicyclic) bond motifs is 8. The van der Waals surface area contributed by atoms with Crippen LogP contribution in [0, 0.1) is 0 Å². The molecule has 0 radical (unpaired) electrons. The summed E-state index contributed by atoms with van der Waals surface area (Å²) in [4.78, 5) is 12.9. The van der Waals surface area contributed by atoms with Crippen LogP contribution in [0.15, 0.2) is 144 Å². The van der Waals surface area contributed by atoms with Crippen LogP contribution in [-0.4, -0.2) is 9.97 Å². The number of rotatable bonds is 2. The Kier molecular flexibility index (Phi) is 4.69. The summed E-state index contributed by atoms with van der Waals surface area (Å²) in [5.41, 5.74) is 9.18. The van der Waals surface area contributed by atoms with Crippen molar-refractivity contribution in [3.63, 3.8) is 0 Å². The fraction of sp³-hybridized carbons (Fsp3) is 0. The summed E-state index contributed by atoms with van der Waals surface area (Å²) < 4.78 is 6.15. The molecule has 0 spiro atoms. The van der Waals surface area contributed by atoms with E-state index in [2.05, 4.69) is 126 Å². The molecule has 0 fully saturated rings. The topological polar surface area (TPSA) is 42.2 Å². The molecule has 44 heavy (non-hydrogen) atoms. The highest BCUT2D eigenvalue weighted by Crippen LogP contribution is 2.52. The molecule has 4 heteroatoms. The molecule has 0 bridgehead atoms. The number of benzene rings is 7. The third-order valence-electron chi connectivity index (χ3n) is 8.98. The molecule has 10 rings (SSSR count). The van der Waals surface area contributed by atoms with E-state index in [0.29, 0.717) is 5.95 Å². The van der Waals surface area contributed by atoms with Crippen molar-refractivity contribution in [3.05, 3.63) is 140 Å². The monoisotopic (exact) mass is 561 g/mol. The van der Waals surface area contributed by atoms with E-state index in [1.807, 2.05) is 18.2 Å². The summed E-state index contributed by atoms with van der Waals surface area (Å²) in [5.74, 6) is 0.648. The van der Waals surface area contributed by atoms with Crippen LogP contribution >= 0.6 is 0 Å². The summed E-state index contributed by atoms with van der Waals surface area (Å²) in [5, 5.41) is 8.03. The lowest BCUT2D eigenvalue weighted by Gasteiger charge is -2.33. The minimum atomic E-state index is 0.648. The zero-order chi connectivity index (χ0) is 28.8. The molecular formula is C40H23N3O. The first kappa shape index (κ1) is 23.6. The van der Waals surface area contributed by atoms with Gasteiger partial charge in [0.25, 0.3) is 0 Å². The molecule has 3 heterocycles. The highest BCUT2D eigenvalue weighted by atomic mass is 16.3. The van der Waals surface area contributed by atoms with Crippen LogP contribution in [0.25, 0.3) is 76.8 Å². The van der Waals surface area contributed by atoms with E-state index in [-0.39, 0.29) is 0 Å². The number of hydrogen-bond acceptors (Lipinski definition) is 4. The van der Waals surface area contributed by atoms with Gasteiger partial charge in [0.2, 0.25) is 5.95 Å². The van der Waals surface area contributed by atoms with Gasteiger partial charge in [-0.3, -0.25) is 4.90 Å². The van der Waals surface area contributed by atoms with Gasteiger partial charge < -0.3 is 4.42 Å². The highest BCUT2D eigenvalue weighted by molar-refractivity contribution is 6.19. The predicted molar refractivity (Wildman–Crippen MR) is 181 cm³/mol. The Morgan fingerprint density at radius 1 is 0.500 bits per heavy atom. The fourth-order valence-electron chi connectivity index (χ4n) is 7.05. The molecule has 9 aromatic rings. The summed E-state index contributed by atoms with van der Waals surface area (Å²) in [6, 6.07) is 49.0. The SMILES string of the molecule is c1ccc2c3c(ccc2c1)N(c1nc(-c2ccc4oc5ccccc5c4c2)c2ccccc2n1)c1cccc2cccc-3c12. The van der Waals surface area contributed by atoms with Crippen LogP contribution in [0.2, 0.25) is 0 Å². The van der Waals surface area contributed by atoms with Crippen molar-refractivity contribution in [1.29, 1.82) is 0 Å². The van der Waals surface area contributed by atoms with Crippen molar-refractivity contribution in [2.24, 2.45) is 0 Å². The average Bonchev–Trinajstić information content (AvgIpc) is 3.46. The van der Waals surface area contributed by atoms with Gasteiger partial charge in [-0.1, -0.05) is 97.1 Å². The number of nitrogens with zero attached hydrogens (tertiary/aromatic N) is 3. The van der Waals surface area contributed by atoms with Gasteiger partial charge in [-0.25, -0.2) is 9.97 Å². The highest BCUT2D eigenvalue weighted by Gasteiger charge is 2.29. The van der Waals surface area contributed by atoms with Crippen LogP contribution < -0.4 is 4.90 Å². The lowest BCUT2D eigenvalue weighted by atomic mass is 9.88. The van der Waals surface area contributed by atoms with E-state index in [1.165, 1.54) is 32.7 Å². The molecule has 204 valence electrons. The first-order valence-corrected chi connectivity index (χ1v) is 14.8.